The predicted molar refractivity (Wildman–Crippen MR) is 164 cm³/mol. The van der Waals surface area contributed by atoms with Crippen LogP contribution < -0.4 is 5.32 Å². The van der Waals surface area contributed by atoms with Crippen LogP contribution in [0.25, 0.3) is 11.1 Å². The first-order valence-electron chi connectivity index (χ1n) is 15.0. The highest BCUT2D eigenvalue weighted by Gasteiger charge is 2.39. The second-order valence-electron chi connectivity index (χ2n) is 11.2. The van der Waals surface area contributed by atoms with Gasteiger partial charge in [0.25, 0.3) is 0 Å². The van der Waals surface area contributed by atoms with Crippen molar-refractivity contribution in [2.24, 2.45) is 5.92 Å². The first-order valence-corrected chi connectivity index (χ1v) is 15.0. The predicted octanol–water partition coefficient (Wildman–Crippen LogP) is 6.54. The van der Waals surface area contributed by atoms with Gasteiger partial charge in [0.1, 0.15) is 6.61 Å². The molecule has 2 saturated heterocycles. The second-order valence-corrected chi connectivity index (χ2v) is 11.2. The first kappa shape index (κ1) is 30.0. The number of nitrogens with one attached hydrogen (secondary N) is 1. The maximum absolute atomic E-state index is 11.9. The molecule has 222 valence electrons. The fraction of sp³-hybridized carbons (Fsp3) is 0.400. The largest absolute Gasteiger partial charge is 0.445 e. The van der Waals surface area contributed by atoms with Crippen molar-refractivity contribution < 1.29 is 24.1 Å². The van der Waals surface area contributed by atoms with Crippen LogP contribution in [0.4, 0.5) is 4.79 Å². The van der Waals surface area contributed by atoms with E-state index >= 15 is 0 Å². The lowest BCUT2D eigenvalue weighted by molar-refractivity contribution is -0.276. The topological polar surface area (TPSA) is 80.3 Å². The molecule has 0 saturated carbocycles. The van der Waals surface area contributed by atoms with Crippen LogP contribution in [-0.2, 0) is 27.4 Å². The molecule has 2 fully saturated rings. The minimum atomic E-state index is -0.511. The van der Waals surface area contributed by atoms with Crippen molar-refractivity contribution in [3.63, 3.8) is 0 Å². The molecule has 0 unspecified atom stereocenters. The summed E-state index contributed by atoms with van der Waals surface area (Å²) in [4.78, 5) is 14.4. The fourth-order valence-corrected chi connectivity index (χ4v) is 5.81. The van der Waals surface area contributed by atoms with E-state index in [4.69, 9.17) is 14.2 Å². The van der Waals surface area contributed by atoms with Gasteiger partial charge in [-0.25, -0.2) is 4.79 Å². The van der Waals surface area contributed by atoms with Gasteiger partial charge >= 0.3 is 6.09 Å². The molecule has 4 atom stereocenters. The van der Waals surface area contributed by atoms with Crippen LogP contribution in [0.5, 0.6) is 0 Å². The molecule has 7 nitrogen and oxygen atoms in total. The Morgan fingerprint density at radius 3 is 2.45 bits per heavy atom. The van der Waals surface area contributed by atoms with E-state index in [1.54, 1.807) is 6.08 Å². The number of aliphatic hydroxyl groups is 1. The molecule has 2 aliphatic rings. The first-order chi connectivity index (χ1) is 20.5. The van der Waals surface area contributed by atoms with Crippen molar-refractivity contribution in [1.82, 2.24) is 10.2 Å². The third kappa shape index (κ3) is 7.66. The number of amides is 1. The molecular formula is C35H42N2O5. The summed E-state index contributed by atoms with van der Waals surface area (Å²) < 4.78 is 18.4. The summed E-state index contributed by atoms with van der Waals surface area (Å²) in [6.07, 6.45) is 4.21. The van der Waals surface area contributed by atoms with Crippen LogP contribution in [0, 0.1) is 5.92 Å². The van der Waals surface area contributed by atoms with Gasteiger partial charge in [0.15, 0.2) is 6.29 Å². The highest BCUT2D eigenvalue weighted by atomic mass is 16.7. The molecule has 3 aromatic carbocycles. The highest BCUT2D eigenvalue weighted by molar-refractivity contribution is 5.68. The molecule has 3 aromatic rings. The van der Waals surface area contributed by atoms with E-state index in [0.717, 1.165) is 53.0 Å². The summed E-state index contributed by atoms with van der Waals surface area (Å²) in [6, 6.07) is 24.5. The second kappa shape index (κ2) is 14.6. The molecule has 0 bridgehead atoms. The van der Waals surface area contributed by atoms with Crippen molar-refractivity contribution in [1.29, 1.82) is 0 Å². The summed E-state index contributed by atoms with van der Waals surface area (Å²) in [5, 5.41) is 12.3. The normalized spacial score (nSPS) is 22.8. The lowest BCUT2D eigenvalue weighted by Gasteiger charge is -2.43. The molecule has 2 aliphatic heterocycles. The van der Waals surface area contributed by atoms with E-state index in [2.05, 4.69) is 66.2 Å². The summed E-state index contributed by atoms with van der Waals surface area (Å²) >= 11 is 0. The minimum Gasteiger partial charge on any atom is -0.445 e. The Hall–Kier alpha value is -3.49. The van der Waals surface area contributed by atoms with Crippen molar-refractivity contribution in [3.8, 4) is 11.1 Å². The van der Waals surface area contributed by atoms with Crippen LogP contribution in [0.2, 0.25) is 0 Å². The Balaban J connectivity index is 1.36. The Morgan fingerprint density at radius 2 is 1.71 bits per heavy atom. The number of hydrogen-bond acceptors (Lipinski definition) is 6. The summed E-state index contributed by atoms with van der Waals surface area (Å²) in [5.74, 6) is 0.161. The number of piperidine rings is 1. The van der Waals surface area contributed by atoms with Gasteiger partial charge in [-0.2, -0.15) is 0 Å². The molecule has 0 aliphatic carbocycles. The molecule has 42 heavy (non-hydrogen) atoms. The Morgan fingerprint density at radius 1 is 0.976 bits per heavy atom. The number of alkyl carbamates (subject to hydrolysis) is 1. The Bertz CT molecular complexity index is 1320. The van der Waals surface area contributed by atoms with Crippen molar-refractivity contribution in [3.05, 3.63) is 108 Å². The monoisotopic (exact) mass is 570 g/mol. The van der Waals surface area contributed by atoms with Gasteiger partial charge < -0.3 is 29.5 Å². The zero-order chi connectivity index (χ0) is 29.3. The third-order valence-electron chi connectivity index (χ3n) is 8.20. The molecule has 5 rings (SSSR count). The molecular weight excluding hydrogens is 528 g/mol. The van der Waals surface area contributed by atoms with Gasteiger partial charge in [-0.1, -0.05) is 86.7 Å². The van der Waals surface area contributed by atoms with E-state index in [1.165, 1.54) is 19.3 Å². The van der Waals surface area contributed by atoms with E-state index in [-0.39, 0.29) is 31.3 Å². The van der Waals surface area contributed by atoms with Gasteiger partial charge in [-0.05, 0) is 65.9 Å². The lowest BCUT2D eigenvalue weighted by atomic mass is 9.89. The number of nitrogens with zero attached hydrogens (tertiary/aromatic N) is 1. The Labute approximate surface area is 249 Å². The molecule has 1 amide bonds. The molecule has 2 N–H and O–H groups in total. The van der Waals surface area contributed by atoms with Crippen LogP contribution >= 0.6 is 0 Å². The summed E-state index contributed by atoms with van der Waals surface area (Å²) in [7, 11) is 0. The lowest BCUT2D eigenvalue weighted by Crippen LogP contribution is -2.45. The van der Waals surface area contributed by atoms with Crippen molar-refractivity contribution >= 4 is 6.09 Å². The minimum absolute atomic E-state index is 0.0169. The number of carbonyl (C=O) groups is 1. The maximum atomic E-state index is 11.9. The van der Waals surface area contributed by atoms with Crippen LogP contribution in [0.15, 0.2) is 85.5 Å². The highest BCUT2D eigenvalue weighted by Crippen LogP contribution is 2.42. The van der Waals surface area contributed by atoms with E-state index in [1.807, 2.05) is 30.3 Å². The van der Waals surface area contributed by atoms with Gasteiger partial charge in [-0.3, -0.25) is 0 Å². The standard InChI is InChI=1S/C35H42N2O5/c1-3-19-40-35(39)36-22-27-9-7-10-29(20-27)30-11-8-12-31(21-30)34-41-32(23-37-17-5-4-6-18-37)25(2)33(42-34)28-15-13-26(24-38)14-16-28/h3,7-16,20-21,25,32-34,38H,1,4-6,17-19,22-24H2,2H3,(H,36,39)/t25-,32+,33+,34+/m1/s1. The number of ether oxygens (including phenoxy) is 3. The number of likely N-dealkylation sites (tertiary alicyclic amines) is 1. The number of benzene rings is 3. The average molecular weight is 571 g/mol. The molecule has 7 heteroatoms. The average Bonchev–Trinajstić information content (AvgIpc) is 3.04. The molecule has 2 heterocycles. The summed E-state index contributed by atoms with van der Waals surface area (Å²) in [6.45, 7) is 9.46. The zero-order valence-corrected chi connectivity index (χ0v) is 24.4. The number of hydrogen-bond donors (Lipinski definition) is 2. The molecule has 0 aromatic heterocycles. The zero-order valence-electron chi connectivity index (χ0n) is 24.4. The Kier molecular flexibility index (Phi) is 10.4. The number of carbonyl (C=O) groups excluding carboxylic acids is 1. The number of aliphatic hydroxyl groups excluding tert-OH is 1. The fourth-order valence-electron chi connectivity index (χ4n) is 5.81. The van der Waals surface area contributed by atoms with Crippen LogP contribution in [0.3, 0.4) is 0 Å². The third-order valence-corrected chi connectivity index (χ3v) is 8.20. The smallest absolute Gasteiger partial charge is 0.407 e. The van der Waals surface area contributed by atoms with E-state index in [9.17, 15) is 9.90 Å². The molecule has 0 radical (unpaired) electrons. The quantitative estimate of drug-likeness (QED) is 0.270. The molecule has 0 spiro atoms. The van der Waals surface area contributed by atoms with Crippen LogP contribution in [-0.4, -0.2) is 48.4 Å². The van der Waals surface area contributed by atoms with E-state index < -0.39 is 12.4 Å². The maximum Gasteiger partial charge on any atom is 0.407 e. The van der Waals surface area contributed by atoms with Crippen LogP contribution in [0.1, 0.15) is 60.8 Å². The van der Waals surface area contributed by atoms with E-state index in [0.29, 0.717) is 6.54 Å². The van der Waals surface area contributed by atoms with Gasteiger partial charge in [0.2, 0.25) is 0 Å². The number of rotatable bonds is 10. The summed E-state index contributed by atoms with van der Waals surface area (Å²) in [5.41, 5.74) is 6.02. The van der Waals surface area contributed by atoms with Gasteiger partial charge in [0.05, 0.1) is 18.8 Å². The van der Waals surface area contributed by atoms with Gasteiger partial charge in [-0.15, -0.1) is 0 Å². The van der Waals surface area contributed by atoms with Crippen molar-refractivity contribution in [2.75, 3.05) is 26.2 Å². The van der Waals surface area contributed by atoms with Crippen molar-refractivity contribution in [2.45, 2.75) is 57.8 Å². The SMILES string of the molecule is C=CCOC(=O)NCc1cccc(-c2cccc([C@H]3O[C@@H](CN4CCCCC4)[C@@H](C)[C@@H](c4ccc(CO)cc4)O3)c2)c1. The van der Waals surface area contributed by atoms with Gasteiger partial charge in [0, 0.05) is 24.6 Å².